The second-order valence-electron chi connectivity index (χ2n) is 5.00. The van der Waals surface area contributed by atoms with Gasteiger partial charge in [0.15, 0.2) is 5.65 Å². The van der Waals surface area contributed by atoms with E-state index in [0.29, 0.717) is 13.0 Å². The molecule has 0 saturated carbocycles. The molecule has 3 N–H and O–H groups in total. The molecule has 0 fully saturated rings. The highest BCUT2D eigenvalue weighted by Crippen LogP contribution is 2.05. The SMILES string of the molecule is CCC(C)[C@H](N)C(=O)NCCc1nnc2ccccn12. The highest BCUT2D eigenvalue weighted by atomic mass is 16.2. The van der Waals surface area contributed by atoms with Crippen molar-refractivity contribution in [2.75, 3.05) is 6.54 Å². The third-order valence-corrected chi connectivity index (χ3v) is 3.59. The van der Waals surface area contributed by atoms with Gasteiger partial charge in [0.25, 0.3) is 0 Å². The Morgan fingerprint density at radius 1 is 1.45 bits per heavy atom. The lowest BCUT2D eigenvalue weighted by Gasteiger charge is -2.17. The second-order valence-corrected chi connectivity index (χ2v) is 5.00. The average Bonchev–Trinajstić information content (AvgIpc) is 2.89. The third kappa shape index (κ3) is 3.14. The Balaban J connectivity index is 1.88. The van der Waals surface area contributed by atoms with Crippen LogP contribution in [0.3, 0.4) is 0 Å². The molecular weight excluding hydrogens is 254 g/mol. The number of nitrogens with two attached hydrogens (primary N) is 1. The summed E-state index contributed by atoms with van der Waals surface area (Å²) >= 11 is 0. The standard InChI is InChI=1S/C14H21N5O/c1-3-10(2)13(15)14(20)16-8-7-12-18-17-11-6-4-5-9-19(11)12/h4-6,9-10,13H,3,7-8,15H2,1-2H3,(H,16,20)/t10?,13-/m0/s1. The molecule has 6 heteroatoms. The van der Waals surface area contributed by atoms with E-state index >= 15 is 0 Å². The molecule has 20 heavy (non-hydrogen) atoms. The quantitative estimate of drug-likeness (QED) is 0.815. The van der Waals surface area contributed by atoms with Crippen molar-refractivity contribution in [3.63, 3.8) is 0 Å². The van der Waals surface area contributed by atoms with Crippen LogP contribution in [0.25, 0.3) is 5.65 Å². The molecular formula is C14H21N5O. The molecule has 2 rings (SSSR count). The summed E-state index contributed by atoms with van der Waals surface area (Å²) in [4.78, 5) is 11.9. The fraction of sp³-hybridized carbons (Fsp3) is 0.500. The molecule has 1 amide bonds. The summed E-state index contributed by atoms with van der Waals surface area (Å²) in [5, 5.41) is 11.0. The Bertz CT molecular complexity index is 580. The summed E-state index contributed by atoms with van der Waals surface area (Å²) in [5.41, 5.74) is 6.69. The van der Waals surface area contributed by atoms with Gasteiger partial charge >= 0.3 is 0 Å². The number of amides is 1. The van der Waals surface area contributed by atoms with Crippen LogP contribution in [0.2, 0.25) is 0 Å². The molecule has 2 heterocycles. The third-order valence-electron chi connectivity index (χ3n) is 3.59. The molecule has 1 unspecified atom stereocenters. The zero-order chi connectivity index (χ0) is 14.5. The number of pyridine rings is 1. The van der Waals surface area contributed by atoms with Gasteiger partial charge in [-0.2, -0.15) is 0 Å². The first-order chi connectivity index (χ1) is 9.63. The van der Waals surface area contributed by atoms with E-state index in [-0.39, 0.29) is 11.8 Å². The number of nitrogens with zero attached hydrogens (tertiary/aromatic N) is 3. The van der Waals surface area contributed by atoms with Crippen molar-refractivity contribution >= 4 is 11.6 Å². The lowest BCUT2D eigenvalue weighted by Crippen LogP contribution is -2.45. The number of rotatable bonds is 6. The van der Waals surface area contributed by atoms with E-state index in [9.17, 15) is 4.79 Å². The molecule has 0 bridgehead atoms. The number of fused-ring (bicyclic) bond motifs is 1. The van der Waals surface area contributed by atoms with Crippen LogP contribution in [0.15, 0.2) is 24.4 Å². The van der Waals surface area contributed by atoms with Crippen LogP contribution in [-0.2, 0) is 11.2 Å². The first-order valence-corrected chi connectivity index (χ1v) is 6.95. The number of aromatic nitrogens is 3. The number of carbonyl (C=O) groups excluding carboxylic acids is 1. The Morgan fingerprint density at radius 2 is 2.25 bits per heavy atom. The van der Waals surface area contributed by atoms with Crippen LogP contribution in [0.1, 0.15) is 26.1 Å². The minimum Gasteiger partial charge on any atom is -0.354 e. The molecule has 0 aromatic carbocycles. The van der Waals surface area contributed by atoms with Gasteiger partial charge in [-0.25, -0.2) is 0 Å². The first kappa shape index (κ1) is 14.5. The highest BCUT2D eigenvalue weighted by Gasteiger charge is 2.18. The predicted octanol–water partition coefficient (Wildman–Crippen LogP) is 0.761. The molecule has 0 saturated heterocycles. The van der Waals surface area contributed by atoms with Gasteiger partial charge in [0.2, 0.25) is 5.91 Å². The Labute approximate surface area is 118 Å². The molecule has 0 aliphatic carbocycles. The van der Waals surface area contributed by atoms with E-state index in [4.69, 9.17) is 5.73 Å². The Kier molecular flexibility index (Phi) is 4.68. The Morgan fingerprint density at radius 3 is 3.00 bits per heavy atom. The van der Waals surface area contributed by atoms with E-state index in [2.05, 4.69) is 15.5 Å². The second kappa shape index (κ2) is 6.47. The molecule has 0 aliphatic rings. The topological polar surface area (TPSA) is 85.3 Å². The van der Waals surface area contributed by atoms with E-state index in [0.717, 1.165) is 17.9 Å². The van der Waals surface area contributed by atoms with Crippen molar-refractivity contribution < 1.29 is 4.79 Å². The summed E-state index contributed by atoms with van der Waals surface area (Å²) in [6.45, 7) is 4.52. The zero-order valence-corrected chi connectivity index (χ0v) is 11.9. The van der Waals surface area contributed by atoms with Crippen molar-refractivity contribution in [1.82, 2.24) is 19.9 Å². The van der Waals surface area contributed by atoms with Crippen molar-refractivity contribution in [3.8, 4) is 0 Å². The van der Waals surface area contributed by atoms with Crippen molar-refractivity contribution in [2.24, 2.45) is 11.7 Å². The van der Waals surface area contributed by atoms with Crippen LogP contribution >= 0.6 is 0 Å². The fourth-order valence-electron chi connectivity index (χ4n) is 1.99. The number of hydrogen-bond donors (Lipinski definition) is 2. The molecule has 6 nitrogen and oxygen atoms in total. The summed E-state index contributed by atoms with van der Waals surface area (Å²) in [7, 11) is 0. The van der Waals surface area contributed by atoms with Gasteiger partial charge < -0.3 is 11.1 Å². The minimum absolute atomic E-state index is 0.104. The van der Waals surface area contributed by atoms with Crippen LogP contribution < -0.4 is 11.1 Å². The summed E-state index contributed by atoms with van der Waals surface area (Å²) < 4.78 is 1.92. The normalized spacial score (nSPS) is 14.2. The summed E-state index contributed by atoms with van der Waals surface area (Å²) in [6.07, 6.45) is 3.44. The van der Waals surface area contributed by atoms with E-state index < -0.39 is 6.04 Å². The maximum Gasteiger partial charge on any atom is 0.237 e. The van der Waals surface area contributed by atoms with E-state index in [1.165, 1.54) is 0 Å². The van der Waals surface area contributed by atoms with Crippen LogP contribution in [0.5, 0.6) is 0 Å². The van der Waals surface area contributed by atoms with Gasteiger partial charge in [0.05, 0.1) is 6.04 Å². The lowest BCUT2D eigenvalue weighted by atomic mass is 9.99. The first-order valence-electron chi connectivity index (χ1n) is 6.95. The van der Waals surface area contributed by atoms with Crippen molar-refractivity contribution in [1.29, 1.82) is 0 Å². The fourth-order valence-corrected chi connectivity index (χ4v) is 1.99. The van der Waals surface area contributed by atoms with Gasteiger partial charge in [-0.05, 0) is 18.1 Å². The maximum absolute atomic E-state index is 11.9. The molecule has 0 spiro atoms. The molecule has 2 aromatic heterocycles. The highest BCUT2D eigenvalue weighted by molar-refractivity contribution is 5.81. The summed E-state index contributed by atoms with van der Waals surface area (Å²) in [6, 6.07) is 5.29. The number of carbonyl (C=O) groups is 1. The van der Waals surface area contributed by atoms with Crippen LogP contribution in [0.4, 0.5) is 0 Å². The van der Waals surface area contributed by atoms with E-state index in [1.54, 1.807) is 0 Å². The minimum atomic E-state index is -0.449. The van der Waals surface area contributed by atoms with Crippen molar-refractivity contribution in [3.05, 3.63) is 30.2 Å². The van der Waals surface area contributed by atoms with E-state index in [1.807, 2.05) is 42.6 Å². The smallest absolute Gasteiger partial charge is 0.237 e. The monoisotopic (exact) mass is 275 g/mol. The molecule has 0 aliphatic heterocycles. The summed E-state index contributed by atoms with van der Waals surface area (Å²) in [5.74, 6) is 0.912. The van der Waals surface area contributed by atoms with Gasteiger partial charge in [-0.1, -0.05) is 26.3 Å². The number of nitrogens with one attached hydrogen (secondary N) is 1. The Hall–Kier alpha value is -1.95. The maximum atomic E-state index is 11.9. The van der Waals surface area contributed by atoms with Gasteiger partial charge in [-0.3, -0.25) is 9.20 Å². The zero-order valence-electron chi connectivity index (χ0n) is 11.9. The molecule has 0 radical (unpaired) electrons. The molecule has 2 atom stereocenters. The average molecular weight is 275 g/mol. The number of hydrogen-bond acceptors (Lipinski definition) is 4. The largest absolute Gasteiger partial charge is 0.354 e. The van der Waals surface area contributed by atoms with Gasteiger partial charge in [0.1, 0.15) is 5.82 Å². The van der Waals surface area contributed by atoms with Gasteiger partial charge in [0, 0.05) is 19.2 Å². The van der Waals surface area contributed by atoms with Crippen LogP contribution in [0, 0.1) is 5.92 Å². The van der Waals surface area contributed by atoms with Crippen LogP contribution in [-0.4, -0.2) is 33.1 Å². The molecule has 108 valence electrons. The van der Waals surface area contributed by atoms with Gasteiger partial charge in [-0.15, -0.1) is 10.2 Å². The predicted molar refractivity (Wildman–Crippen MR) is 77.1 cm³/mol. The lowest BCUT2D eigenvalue weighted by molar-refractivity contribution is -0.123. The van der Waals surface area contributed by atoms with Crippen molar-refractivity contribution in [2.45, 2.75) is 32.7 Å². The molecule has 2 aromatic rings.